The quantitative estimate of drug-likeness (QED) is 0.229. The molecule has 7 rings (SSSR count). The van der Waals surface area contributed by atoms with E-state index >= 15 is 0 Å². The summed E-state index contributed by atoms with van der Waals surface area (Å²) in [6, 6.07) is 7.58. The standard InChI is InChI=1S/C41H60N2O4.C3H6.4C2H2/c1-26-23-43(24-27(2)47-26)25-35(44)42-41-18-8-9-32(41)31-14-15-34-38(5)19-16-30(28-10-12-29(13-11-28)36(45)46)37(3,4)33(38)17-20-40(34,7)39(31,6)21-22-41;1-3-2;4*1-2/h10-13,16,26-27,31-34H,8-9,14-15,17-25H2,1-7H3,(H,42,44)(H,45,46);3H,1H2,2H3;4*1-2H/t26-,27+,31-,32?,33?,34?,38+,39-,40-,41+;;;;;/m1...../s1. The van der Waals surface area contributed by atoms with Gasteiger partial charge in [0.2, 0.25) is 5.91 Å². The number of benzene rings is 1. The van der Waals surface area contributed by atoms with Crippen molar-refractivity contribution < 1.29 is 19.4 Å². The van der Waals surface area contributed by atoms with E-state index in [1.165, 1.54) is 56.1 Å². The van der Waals surface area contributed by atoms with Crippen molar-refractivity contribution >= 4 is 17.4 Å². The molecule has 6 nitrogen and oxygen atoms in total. The molecule has 4 saturated carbocycles. The van der Waals surface area contributed by atoms with Crippen molar-refractivity contribution in [3.05, 3.63) is 54.1 Å². The Bertz CT molecular complexity index is 1630. The van der Waals surface area contributed by atoms with Crippen LogP contribution in [-0.4, -0.2) is 59.3 Å². The molecule has 1 aromatic rings. The predicted molar refractivity (Wildman–Crippen MR) is 242 cm³/mol. The Balaban J connectivity index is 0.000000969. The molecule has 0 aromatic heterocycles. The van der Waals surface area contributed by atoms with Crippen LogP contribution in [0.3, 0.4) is 0 Å². The van der Waals surface area contributed by atoms with Crippen molar-refractivity contribution in [1.82, 2.24) is 10.2 Å². The number of rotatable bonds is 5. The Kier molecular flexibility index (Phi) is 17.8. The van der Waals surface area contributed by atoms with Gasteiger partial charge in [-0.3, -0.25) is 9.69 Å². The van der Waals surface area contributed by atoms with Crippen LogP contribution in [0.25, 0.3) is 5.57 Å². The summed E-state index contributed by atoms with van der Waals surface area (Å²) in [7, 11) is 0. The van der Waals surface area contributed by atoms with Gasteiger partial charge in [-0.15, -0.1) is 58.0 Å². The van der Waals surface area contributed by atoms with Gasteiger partial charge < -0.3 is 15.2 Å². The van der Waals surface area contributed by atoms with Crippen LogP contribution in [0.4, 0.5) is 0 Å². The zero-order valence-electron chi connectivity index (χ0n) is 37.1. The van der Waals surface area contributed by atoms with Gasteiger partial charge in [0.15, 0.2) is 0 Å². The number of fused-ring (bicyclic) bond motifs is 7. The fourth-order valence-corrected chi connectivity index (χ4v) is 13.6. The summed E-state index contributed by atoms with van der Waals surface area (Å²) in [4.78, 5) is 27.5. The lowest BCUT2D eigenvalue weighted by Crippen LogP contribution is -2.68. The van der Waals surface area contributed by atoms with Crippen molar-refractivity contribution in [2.75, 3.05) is 19.6 Å². The number of allylic oxidation sites excluding steroid dienone is 3. The average Bonchev–Trinajstić information content (AvgIpc) is 3.61. The van der Waals surface area contributed by atoms with Crippen LogP contribution >= 0.6 is 0 Å². The number of hydrogen-bond acceptors (Lipinski definition) is 4. The maximum atomic E-state index is 13.7. The lowest BCUT2D eigenvalue weighted by Gasteiger charge is -2.72. The van der Waals surface area contributed by atoms with Gasteiger partial charge in [0.25, 0.3) is 0 Å². The van der Waals surface area contributed by atoms with Gasteiger partial charge in [0.05, 0.1) is 24.3 Å². The highest BCUT2D eigenvalue weighted by atomic mass is 16.5. The lowest BCUT2D eigenvalue weighted by molar-refractivity contribution is -0.217. The van der Waals surface area contributed by atoms with Crippen molar-refractivity contribution in [3.8, 4) is 51.4 Å². The summed E-state index contributed by atoms with van der Waals surface area (Å²) >= 11 is 0. The number of carbonyl (C=O) groups is 2. The van der Waals surface area contributed by atoms with Gasteiger partial charge in [-0.05, 0) is 147 Å². The molecule has 316 valence electrons. The molecule has 58 heavy (non-hydrogen) atoms. The van der Waals surface area contributed by atoms with Crippen LogP contribution in [0, 0.1) is 96.7 Å². The molecule has 10 atom stereocenters. The minimum absolute atomic E-state index is 0.0182. The first kappa shape index (κ1) is 49.9. The number of ether oxygens (including phenoxy) is 1. The highest BCUT2D eigenvalue weighted by molar-refractivity contribution is 5.88. The number of nitrogens with one attached hydrogen (secondary N) is 1. The maximum Gasteiger partial charge on any atom is 0.335 e. The van der Waals surface area contributed by atoms with E-state index in [2.05, 4.69) is 123 Å². The third kappa shape index (κ3) is 9.16. The number of carboxylic acid groups (broad SMARTS) is 1. The summed E-state index contributed by atoms with van der Waals surface area (Å²) in [6.45, 7) is 24.5. The second kappa shape index (κ2) is 20.7. The lowest BCUT2D eigenvalue weighted by atomic mass is 9.33. The van der Waals surface area contributed by atoms with E-state index in [4.69, 9.17) is 4.74 Å². The summed E-state index contributed by atoms with van der Waals surface area (Å²) in [5.41, 5.74) is 3.71. The van der Waals surface area contributed by atoms with Crippen molar-refractivity contribution in [2.24, 2.45) is 45.3 Å². The van der Waals surface area contributed by atoms with E-state index < -0.39 is 5.97 Å². The predicted octanol–water partition coefficient (Wildman–Crippen LogP) is 10.4. The van der Waals surface area contributed by atoms with Crippen molar-refractivity contribution in [2.45, 2.75) is 137 Å². The van der Waals surface area contributed by atoms with Gasteiger partial charge >= 0.3 is 5.97 Å². The SMILES string of the molecule is C#C.C#C.C#C.C#C.C=CC.C[C@@H]1CN(CC(=O)N[C@]23CCCC2[C@H]2CCC4[C@@]5(C)CC=C(c6ccc(C(=O)O)cc6)C(C)(C)C5CC[C@@]4(C)[C@]2(C)CC3)C[C@H](C)O1. The first-order chi connectivity index (χ1) is 27.5. The molecule has 1 saturated heterocycles. The van der Waals surface area contributed by atoms with E-state index in [0.717, 1.165) is 32.4 Å². The zero-order chi connectivity index (χ0) is 44.3. The monoisotopic (exact) mass is 791 g/mol. The number of terminal acetylenes is 4. The Morgan fingerprint density at radius 3 is 1.93 bits per heavy atom. The van der Waals surface area contributed by atoms with Crippen molar-refractivity contribution in [3.63, 3.8) is 0 Å². The first-order valence-electron chi connectivity index (χ1n) is 21.2. The number of morpholine rings is 1. The Morgan fingerprint density at radius 2 is 1.38 bits per heavy atom. The number of carboxylic acids is 1. The Labute approximate surface area is 353 Å². The molecule has 5 fully saturated rings. The number of nitrogens with zero attached hydrogens (tertiary/aromatic N) is 1. The molecule has 3 unspecified atom stereocenters. The first-order valence-corrected chi connectivity index (χ1v) is 21.2. The van der Waals surface area contributed by atoms with Gasteiger partial charge in [-0.25, -0.2) is 4.79 Å². The molecule has 0 radical (unpaired) electrons. The van der Waals surface area contributed by atoms with Crippen LogP contribution in [0.2, 0.25) is 0 Å². The Morgan fingerprint density at radius 1 is 0.810 bits per heavy atom. The van der Waals surface area contributed by atoms with Gasteiger partial charge in [-0.2, -0.15) is 0 Å². The number of hydrogen-bond donors (Lipinski definition) is 2. The molecule has 6 aliphatic rings. The highest BCUT2D eigenvalue weighted by Gasteiger charge is 2.69. The van der Waals surface area contributed by atoms with E-state index in [-0.39, 0.29) is 45.3 Å². The zero-order valence-corrected chi connectivity index (χ0v) is 37.1. The molecule has 1 heterocycles. The summed E-state index contributed by atoms with van der Waals surface area (Å²) in [5.74, 6) is 1.87. The normalized spacial score (nSPS) is 36.2. The number of carbonyl (C=O) groups excluding carboxylic acids is 1. The third-order valence-electron chi connectivity index (χ3n) is 15.6. The Hall–Kier alpha value is -4.20. The van der Waals surface area contributed by atoms with Gasteiger partial charge in [0.1, 0.15) is 0 Å². The molecule has 6 heteroatoms. The van der Waals surface area contributed by atoms with Crippen LogP contribution in [0.15, 0.2) is 43.0 Å². The van der Waals surface area contributed by atoms with Crippen LogP contribution in [0.1, 0.15) is 136 Å². The molecule has 1 aromatic carbocycles. The minimum atomic E-state index is -0.867. The minimum Gasteiger partial charge on any atom is -0.478 e. The fraction of sp³-hybridized carbons (Fsp3) is 0.615. The molecular weight excluding hydrogens is 717 g/mol. The maximum absolute atomic E-state index is 13.7. The van der Waals surface area contributed by atoms with Crippen LogP contribution in [-0.2, 0) is 9.53 Å². The number of amides is 1. The largest absolute Gasteiger partial charge is 0.478 e. The van der Waals surface area contributed by atoms with Gasteiger partial charge in [-0.1, -0.05) is 65.3 Å². The summed E-state index contributed by atoms with van der Waals surface area (Å²) < 4.78 is 5.93. The van der Waals surface area contributed by atoms with Crippen molar-refractivity contribution in [1.29, 1.82) is 0 Å². The summed E-state index contributed by atoms with van der Waals surface area (Å²) in [5, 5.41) is 13.2. The smallest absolute Gasteiger partial charge is 0.335 e. The topological polar surface area (TPSA) is 78.9 Å². The van der Waals surface area contributed by atoms with E-state index in [9.17, 15) is 14.7 Å². The van der Waals surface area contributed by atoms with Gasteiger partial charge in [0, 0.05) is 18.6 Å². The highest BCUT2D eigenvalue weighted by Crippen LogP contribution is 2.76. The molecular formula is C52H74N2O4. The van der Waals surface area contributed by atoms with E-state index in [0.29, 0.717) is 35.8 Å². The second-order valence-electron chi connectivity index (χ2n) is 18.7. The summed E-state index contributed by atoms with van der Waals surface area (Å²) in [6.07, 6.45) is 48.8. The van der Waals surface area contributed by atoms with Crippen LogP contribution < -0.4 is 5.32 Å². The van der Waals surface area contributed by atoms with Crippen LogP contribution in [0.5, 0.6) is 0 Å². The molecule has 0 bridgehead atoms. The molecule has 1 amide bonds. The van der Waals surface area contributed by atoms with E-state index in [1.54, 1.807) is 18.2 Å². The molecule has 2 N–H and O–H groups in total. The average molecular weight is 791 g/mol. The second-order valence-corrected chi connectivity index (χ2v) is 18.7. The van der Waals surface area contributed by atoms with E-state index in [1.807, 2.05) is 19.1 Å². The number of aromatic carboxylic acids is 1. The molecule has 0 spiro atoms. The molecule has 1 aliphatic heterocycles. The fourth-order valence-electron chi connectivity index (χ4n) is 13.6. The molecule has 5 aliphatic carbocycles. The third-order valence-corrected chi connectivity index (χ3v) is 15.6.